The number of hydrogen-bond acceptors (Lipinski definition) is 7. The molecule has 7 nitrogen and oxygen atoms in total. The lowest BCUT2D eigenvalue weighted by atomic mass is 9.96. The van der Waals surface area contributed by atoms with Gasteiger partial charge in [0.25, 0.3) is 5.56 Å². The molecule has 0 saturated heterocycles. The highest BCUT2D eigenvalue weighted by molar-refractivity contribution is 7.07. The summed E-state index contributed by atoms with van der Waals surface area (Å²) in [6.07, 6.45) is 1.65. The first-order valence-electron chi connectivity index (χ1n) is 9.94. The summed E-state index contributed by atoms with van der Waals surface area (Å²) in [5.74, 6) is -0.680. The highest BCUT2D eigenvalue weighted by Crippen LogP contribution is 2.31. The smallest absolute Gasteiger partial charge is 0.338 e. The van der Waals surface area contributed by atoms with Crippen molar-refractivity contribution >= 4 is 41.0 Å². The van der Waals surface area contributed by atoms with Gasteiger partial charge in [-0.2, -0.15) is 0 Å². The van der Waals surface area contributed by atoms with Gasteiger partial charge < -0.3 is 9.47 Å². The Bertz CT molecular complexity index is 1470. The largest absolute Gasteiger partial charge is 0.466 e. The molecule has 0 aliphatic carbocycles. The van der Waals surface area contributed by atoms with E-state index < -0.39 is 18.0 Å². The second-order valence-electron chi connectivity index (χ2n) is 7.26. The highest BCUT2D eigenvalue weighted by Gasteiger charge is 2.33. The van der Waals surface area contributed by atoms with Gasteiger partial charge in [-0.25, -0.2) is 9.79 Å². The third kappa shape index (κ3) is 4.40. The van der Waals surface area contributed by atoms with Crippen LogP contribution in [-0.2, 0) is 14.3 Å². The van der Waals surface area contributed by atoms with Crippen molar-refractivity contribution in [3.05, 3.63) is 95.6 Å². The Morgan fingerprint density at radius 1 is 1.15 bits per heavy atom. The number of para-hydroxylation sites is 1. The summed E-state index contributed by atoms with van der Waals surface area (Å²) in [4.78, 5) is 42.6. The number of aromatic nitrogens is 1. The van der Waals surface area contributed by atoms with Crippen LogP contribution in [0.3, 0.4) is 0 Å². The zero-order valence-electron chi connectivity index (χ0n) is 18.0. The van der Waals surface area contributed by atoms with Gasteiger partial charge in [0.2, 0.25) is 0 Å². The summed E-state index contributed by atoms with van der Waals surface area (Å²) < 4.78 is 12.1. The fourth-order valence-electron chi connectivity index (χ4n) is 3.64. The molecular formula is C24H19ClN2O5S. The molecule has 168 valence electrons. The van der Waals surface area contributed by atoms with E-state index in [9.17, 15) is 14.4 Å². The molecular weight excluding hydrogens is 464 g/mol. The van der Waals surface area contributed by atoms with E-state index in [1.165, 1.54) is 29.9 Å². The molecule has 0 spiro atoms. The molecule has 1 aromatic heterocycles. The first-order chi connectivity index (χ1) is 15.8. The topological polar surface area (TPSA) is 87.0 Å². The maximum atomic E-state index is 13.5. The Kier molecular flexibility index (Phi) is 6.31. The number of nitrogens with zero attached hydrogens (tertiary/aromatic N) is 2. The number of methoxy groups -OCH3 is 1. The Morgan fingerprint density at radius 2 is 1.85 bits per heavy atom. The Labute approximate surface area is 197 Å². The van der Waals surface area contributed by atoms with Crippen LogP contribution in [0.1, 0.15) is 31.0 Å². The number of carbonyl (C=O) groups excluding carboxylic acids is 2. The SMILES string of the molecule is COC(=O)C1=C(C)N=c2sc(=Cc3ccccc3OC(C)=O)c(=O)n2C1c1ccc(Cl)cc1. The number of thiazole rings is 1. The molecule has 0 radical (unpaired) electrons. The van der Waals surface area contributed by atoms with E-state index in [2.05, 4.69) is 4.99 Å². The predicted molar refractivity (Wildman–Crippen MR) is 125 cm³/mol. The zero-order chi connectivity index (χ0) is 23.7. The van der Waals surface area contributed by atoms with Gasteiger partial charge in [0.15, 0.2) is 4.80 Å². The van der Waals surface area contributed by atoms with E-state index in [0.717, 1.165) is 0 Å². The normalized spacial score (nSPS) is 15.6. The summed E-state index contributed by atoms with van der Waals surface area (Å²) in [5.41, 5.74) is 1.69. The number of hydrogen-bond donors (Lipinski definition) is 0. The van der Waals surface area contributed by atoms with E-state index in [1.54, 1.807) is 61.5 Å². The van der Waals surface area contributed by atoms with Gasteiger partial charge in [-0.1, -0.05) is 53.3 Å². The van der Waals surface area contributed by atoms with Crippen molar-refractivity contribution in [2.24, 2.45) is 4.99 Å². The second-order valence-corrected chi connectivity index (χ2v) is 8.70. The minimum atomic E-state index is -0.725. The van der Waals surface area contributed by atoms with Gasteiger partial charge in [0.05, 0.1) is 29.0 Å². The van der Waals surface area contributed by atoms with Gasteiger partial charge in [-0.05, 0) is 36.8 Å². The fourth-order valence-corrected chi connectivity index (χ4v) is 4.81. The lowest BCUT2D eigenvalue weighted by Gasteiger charge is -2.24. The van der Waals surface area contributed by atoms with Gasteiger partial charge in [-0.3, -0.25) is 14.2 Å². The van der Waals surface area contributed by atoms with Crippen LogP contribution in [-0.4, -0.2) is 23.6 Å². The minimum Gasteiger partial charge on any atom is -0.466 e. The summed E-state index contributed by atoms with van der Waals surface area (Å²) in [6.45, 7) is 3.02. The van der Waals surface area contributed by atoms with Crippen LogP contribution in [0.5, 0.6) is 5.75 Å². The molecule has 2 heterocycles. The third-order valence-electron chi connectivity index (χ3n) is 5.07. The lowest BCUT2D eigenvalue weighted by molar-refractivity contribution is -0.136. The first kappa shape index (κ1) is 22.7. The van der Waals surface area contributed by atoms with Gasteiger partial charge >= 0.3 is 11.9 Å². The molecule has 0 bridgehead atoms. The second kappa shape index (κ2) is 9.17. The number of halogens is 1. The van der Waals surface area contributed by atoms with Crippen LogP contribution >= 0.6 is 22.9 Å². The van der Waals surface area contributed by atoms with Gasteiger partial charge in [0, 0.05) is 17.5 Å². The van der Waals surface area contributed by atoms with E-state index in [1.807, 2.05) is 0 Å². The number of allylic oxidation sites excluding steroid dienone is 1. The molecule has 0 saturated carbocycles. The van der Waals surface area contributed by atoms with Crippen molar-refractivity contribution in [2.45, 2.75) is 19.9 Å². The molecule has 9 heteroatoms. The molecule has 0 amide bonds. The number of ether oxygens (including phenoxy) is 2. The highest BCUT2D eigenvalue weighted by atomic mass is 35.5. The molecule has 1 aliphatic heterocycles. The standard InChI is InChI=1S/C24H19ClN2O5S/c1-13-20(23(30)31-3)21(15-8-10-17(25)11-9-15)27-22(29)19(33-24(27)26-13)12-16-6-4-5-7-18(16)32-14(2)28/h4-12,21H,1-3H3. The number of carbonyl (C=O) groups is 2. The molecule has 0 N–H and O–H groups in total. The molecule has 33 heavy (non-hydrogen) atoms. The number of rotatable bonds is 4. The van der Waals surface area contributed by atoms with Crippen molar-refractivity contribution in [1.29, 1.82) is 0 Å². The predicted octanol–water partition coefficient (Wildman–Crippen LogP) is 2.99. The van der Waals surface area contributed by atoms with Crippen LogP contribution in [0.25, 0.3) is 6.08 Å². The van der Waals surface area contributed by atoms with E-state index >= 15 is 0 Å². The van der Waals surface area contributed by atoms with Crippen molar-refractivity contribution in [2.75, 3.05) is 7.11 Å². The third-order valence-corrected chi connectivity index (χ3v) is 6.31. The molecule has 3 aromatic rings. The molecule has 1 atom stereocenters. The quantitative estimate of drug-likeness (QED) is 0.421. The monoisotopic (exact) mass is 482 g/mol. The van der Waals surface area contributed by atoms with Crippen LogP contribution < -0.4 is 19.6 Å². The average molecular weight is 483 g/mol. The summed E-state index contributed by atoms with van der Waals surface area (Å²) in [7, 11) is 1.29. The van der Waals surface area contributed by atoms with Crippen molar-refractivity contribution in [3.8, 4) is 5.75 Å². The van der Waals surface area contributed by atoms with Crippen molar-refractivity contribution in [3.63, 3.8) is 0 Å². The number of benzene rings is 2. The summed E-state index contributed by atoms with van der Waals surface area (Å²) in [5, 5.41) is 0.536. The molecule has 1 aliphatic rings. The summed E-state index contributed by atoms with van der Waals surface area (Å²) >= 11 is 7.24. The molecule has 4 rings (SSSR count). The first-order valence-corrected chi connectivity index (χ1v) is 11.1. The Morgan fingerprint density at radius 3 is 2.52 bits per heavy atom. The van der Waals surface area contributed by atoms with Gasteiger partial charge in [0.1, 0.15) is 5.75 Å². The lowest BCUT2D eigenvalue weighted by Crippen LogP contribution is -2.39. The van der Waals surface area contributed by atoms with Crippen LogP contribution in [0.4, 0.5) is 0 Å². The zero-order valence-corrected chi connectivity index (χ0v) is 19.6. The number of esters is 2. The molecule has 2 aromatic carbocycles. The average Bonchev–Trinajstić information content (AvgIpc) is 3.08. The summed E-state index contributed by atoms with van der Waals surface area (Å²) in [6, 6.07) is 13.1. The van der Waals surface area contributed by atoms with E-state index in [-0.39, 0.29) is 11.1 Å². The number of fused-ring (bicyclic) bond motifs is 1. The van der Waals surface area contributed by atoms with Crippen LogP contribution in [0.2, 0.25) is 5.02 Å². The molecule has 0 fully saturated rings. The van der Waals surface area contributed by atoms with E-state index in [0.29, 0.717) is 36.9 Å². The minimum absolute atomic E-state index is 0.277. The van der Waals surface area contributed by atoms with Crippen LogP contribution in [0.15, 0.2) is 69.6 Å². The fraction of sp³-hybridized carbons (Fsp3) is 0.167. The van der Waals surface area contributed by atoms with Crippen molar-refractivity contribution < 1.29 is 19.1 Å². The van der Waals surface area contributed by atoms with E-state index in [4.69, 9.17) is 21.1 Å². The van der Waals surface area contributed by atoms with Gasteiger partial charge in [-0.15, -0.1) is 0 Å². The molecule has 1 unspecified atom stereocenters. The maximum absolute atomic E-state index is 13.5. The van der Waals surface area contributed by atoms with Crippen LogP contribution in [0, 0.1) is 0 Å². The maximum Gasteiger partial charge on any atom is 0.338 e. The van der Waals surface area contributed by atoms with Crippen molar-refractivity contribution in [1.82, 2.24) is 4.57 Å². The Hall–Kier alpha value is -3.49. The Balaban J connectivity index is 1.95.